The lowest BCUT2D eigenvalue weighted by molar-refractivity contribution is 0.0507. The van der Waals surface area contributed by atoms with Crippen LogP contribution in [0.25, 0.3) is 0 Å². The Morgan fingerprint density at radius 2 is 1.91 bits per heavy atom. The van der Waals surface area contributed by atoms with E-state index in [1.54, 1.807) is 0 Å². The van der Waals surface area contributed by atoms with Crippen molar-refractivity contribution in [3.63, 3.8) is 0 Å². The van der Waals surface area contributed by atoms with Crippen molar-refractivity contribution in [3.05, 3.63) is 0 Å². The topological polar surface area (TPSA) is 50.4 Å². The van der Waals surface area contributed by atoms with Crippen LogP contribution in [0.2, 0.25) is 0 Å². The SMILES string of the molecule is CC(C)CC1CCCC(NCC(C)NC(=O)OC(C)(C)C)C1. The van der Waals surface area contributed by atoms with Crippen LogP contribution in [0.5, 0.6) is 0 Å². The van der Waals surface area contributed by atoms with Crippen molar-refractivity contribution in [3.8, 4) is 0 Å². The van der Waals surface area contributed by atoms with Crippen LogP contribution in [-0.2, 0) is 4.74 Å². The second-order valence-electron chi connectivity index (χ2n) is 8.31. The van der Waals surface area contributed by atoms with E-state index in [1.165, 1.54) is 32.1 Å². The number of nitrogens with one attached hydrogen (secondary N) is 2. The van der Waals surface area contributed by atoms with E-state index in [4.69, 9.17) is 4.74 Å². The standard InChI is InChI=1S/C18H36N2O2/c1-13(2)10-15-8-7-9-16(11-15)19-12-14(3)20-17(21)22-18(4,5)6/h13-16,19H,7-12H2,1-6H3,(H,20,21). The Hall–Kier alpha value is -0.770. The molecule has 1 aliphatic rings. The van der Waals surface area contributed by atoms with Crippen LogP contribution in [0, 0.1) is 11.8 Å². The zero-order valence-corrected chi connectivity index (χ0v) is 15.4. The summed E-state index contributed by atoms with van der Waals surface area (Å²) in [5.41, 5.74) is -0.440. The average molecular weight is 312 g/mol. The first-order valence-corrected chi connectivity index (χ1v) is 8.88. The Labute approximate surface area is 136 Å². The molecule has 0 radical (unpaired) electrons. The van der Waals surface area contributed by atoms with Gasteiger partial charge in [0, 0.05) is 18.6 Å². The highest BCUT2D eigenvalue weighted by atomic mass is 16.6. The van der Waals surface area contributed by atoms with E-state index >= 15 is 0 Å². The van der Waals surface area contributed by atoms with Gasteiger partial charge < -0.3 is 15.4 Å². The third kappa shape index (κ3) is 8.62. The molecule has 0 aliphatic heterocycles. The molecule has 0 heterocycles. The maximum absolute atomic E-state index is 11.7. The van der Waals surface area contributed by atoms with Crippen LogP contribution in [0.1, 0.15) is 73.6 Å². The lowest BCUT2D eigenvalue weighted by Crippen LogP contribution is -2.45. The average Bonchev–Trinajstić information content (AvgIpc) is 2.33. The van der Waals surface area contributed by atoms with Crippen molar-refractivity contribution >= 4 is 6.09 Å². The number of alkyl carbamates (subject to hydrolysis) is 1. The van der Waals surface area contributed by atoms with Crippen molar-refractivity contribution < 1.29 is 9.53 Å². The third-order valence-corrected chi connectivity index (χ3v) is 4.06. The molecule has 0 saturated heterocycles. The molecule has 3 unspecified atom stereocenters. The molecule has 0 bridgehead atoms. The molecule has 1 saturated carbocycles. The van der Waals surface area contributed by atoms with E-state index in [2.05, 4.69) is 24.5 Å². The monoisotopic (exact) mass is 312 g/mol. The smallest absolute Gasteiger partial charge is 0.407 e. The minimum atomic E-state index is -0.440. The van der Waals surface area contributed by atoms with Crippen molar-refractivity contribution in [2.75, 3.05) is 6.54 Å². The van der Waals surface area contributed by atoms with Crippen molar-refractivity contribution in [1.29, 1.82) is 0 Å². The largest absolute Gasteiger partial charge is 0.444 e. The summed E-state index contributed by atoms with van der Waals surface area (Å²) >= 11 is 0. The highest BCUT2D eigenvalue weighted by Crippen LogP contribution is 2.29. The lowest BCUT2D eigenvalue weighted by Gasteiger charge is -2.31. The minimum Gasteiger partial charge on any atom is -0.444 e. The number of hydrogen-bond acceptors (Lipinski definition) is 3. The van der Waals surface area contributed by atoms with Crippen LogP contribution in [0.15, 0.2) is 0 Å². The summed E-state index contributed by atoms with van der Waals surface area (Å²) in [4.78, 5) is 11.7. The van der Waals surface area contributed by atoms with Gasteiger partial charge in [-0.2, -0.15) is 0 Å². The predicted octanol–water partition coefficient (Wildman–Crippen LogP) is 4.09. The summed E-state index contributed by atoms with van der Waals surface area (Å²) in [6, 6.07) is 0.681. The lowest BCUT2D eigenvalue weighted by atomic mass is 9.81. The van der Waals surface area contributed by atoms with E-state index in [1.807, 2.05) is 27.7 Å². The first-order chi connectivity index (χ1) is 10.2. The molecule has 3 atom stereocenters. The number of hydrogen-bond donors (Lipinski definition) is 2. The van der Waals surface area contributed by atoms with E-state index in [0.29, 0.717) is 6.04 Å². The van der Waals surface area contributed by atoms with Crippen LogP contribution in [0.4, 0.5) is 4.79 Å². The van der Waals surface area contributed by atoms with Crippen LogP contribution in [-0.4, -0.2) is 30.3 Å². The molecule has 130 valence electrons. The maximum Gasteiger partial charge on any atom is 0.407 e. The molecule has 2 N–H and O–H groups in total. The van der Waals surface area contributed by atoms with E-state index in [-0.39, 0.29) is 12.1 Å². The van der Waals surface area contributed by atoms with E-state index in [0.717, 1.165) is 18.4 Å². The van der Waals surface area contributed by atoms with Crippen LogP contribution in [0.3, 0.4) is 0 Å². The molecule has 1 rings (SSSR count). The molecule has 4 nitrogen and oxygen atoms in total. The molecule has 0 spiro atoms. The molecule has 1 aliphatic carbocycles. The summed E-state index contributed by atoms with van der Waals surface area (Å²) in [6.45, 7) is 13.1. The highest BCUT2D eigenvalue weighted by Gasteiger charge is 2.23. The van der Waals surface area contributed by atoms with Gasteiger partial charge in [0.25, 0.3) is 0 Å². The third-order valence-electron chi connectivity index (χ3n) is 4.06. The minimum absolute atomic E-state index is 0.0836. The summed E-state index contributed by atoms with van der Waals surface area (Å²) in [5, 5.41) is 6.52. The van der Waals surface area contributed by atoms with Crippen molar-refractivity contribution in [2.45, 2.75) is 91.3 Å². The Bertz CT molecular complexity index is 336. The summed E-state index contributed by atoms with van der Waals surface area (Å²) < 4.78 is 5.28. The Kier molecular flexibility index (Phi) is 7.67. The van der Waals surface area contributed by atoms with Gasteiger partial charge in [-0.15, -0.1) is 0 Å². The normalized spacial score (nSPS) is 24.1. The summed E-state index contributed by atoms with van der Waals surface area (Å²) in [5.74, 6) is 1.65. The number of amides is 1. The van der Waals surface area contributed by atoms with Gasteiger partial charge in [-0.3, -0.25) is 0 Å². The van der Waals surface area contributed by atoms with Gasteiger partial charge in [-0.1, -0.05) is 26.7 Å². The van der Waals surface area contributed by atoms with E-state index in [9.17, 15) is 4.79 Å². The molecule has 4 heteroatoms. The van der Waals surface area contributed by atoms with Gasteiger partial charge in [-0.05, 0) is 58.8 Å². The number of ether oxygens (including phenoxy) is 1. The zero-order valence-electron chi connectivity index (χ0n) is 15.4. The van der Waals surface area contributed by atoms with Crippen LogP contribution >= 0.6 is 0 Å². The Balaban J connectivity index is 2.25. The zero-order chi connectivity index (χ0) is 16.8. The number of carbonyl (C=O) groups is 1. The number of rotatable bonds is 6. The fourth-order valence-electron chi connectivity index (χ4n) is 3.26. The molecular formula is C18H36N2O2. The second kappa shape index (κ2) is 8.76. The summed E-state index contributed by atoms with van der Waals surface area (Å²) in [7, 11) is 0. The van der Waals surface area contributed by atoms with Crippen LogP contribution < -0.4 is 10.6 Å². The molecule has 0 aromatic rings. The van der Waals surface area contributed by atoms with E-state index < -0.39 is 5.60 Å². The molecule has 1 fully saturated rings. The summed E-state index contributed by atoms with van der Waals surface area (Å²) in [6.07, 6.45) is 6.24. The van der Waals surface area contributed by atoms with Gasteiger partial charge in [0.05, 0.1) is 0 Å². The Morgan fingerprint density at radius 3 is 2.50 bits per heavy atom. The van der Waals surface area contributed by atoms with Crippen molar-refractivity contribution in [1.82, 2.24) is 10.6 Å². The maximum atomic E-state index is 11.7. The van der Waals surface area contributed by atoms with Gasteiger partial charge in [0.1, 0.15) is 5.60 Å². The van der Waals surface area contributed by atoms with Gasteiger partial charge >= 0.3 is 6.09 Å². The van der Waals surface area contributed by atoms with Gasteiger partial charge in [0.2, 0.25) is 0 Å². The predicted molar refractivity (Wildman–Crippen MR) is 92.0 cm³/mol. The Morgan fingerprint density at radius 1 is 1.23 bits per heavy atom. The quantitative estimate of drug-likeness (QED) is 0.776. The molecule has 1 amide bonds. The van der Waals surface area contributed by atoms with Gasteiger partial charge in [0.15, 0.2) is 0 Å². The molecule has 22 heavy (non-hydrogen) atoms. The second-order valence-corrected chi connectivity index (χ2v) is 8.31. The molecule has 0 aromatic heterocycles. The molecular weight excluding hydrogens is 276 g/mol. The number of carbonyl (C=O) groups excluding carboxylic acids is 1. The first kappa shape index (κ1) is 19.3. The fourth-order valence-corrected chi connectivity index (χ4v) is 3.26. The highest BCUT2D eigenvalue weighted by molar-refractivity contribution is 5.68. The fraction of sp³-hybridized carbons (Fsp3) is 0.944. The first-order valence-electron chi connectivity index (χ1n) is 8.88. The molecule has 0 aromatic carbocycles. The van der Waals surface area contributed by atoms with Crippen molar-refractivity contribution in [2.24, 2.45) is 11.8 Å². The van der Waals surface area contributed by atoms with Gasteiger partial charge in [-0.25, -0.2) is 4.79 Å².